The Morgan fingerprint density at radius 3 is 2.33 bits per heavy atom. The molecular weight excluding hydrogens is 186 g/mol. The van der Waals surface area contributed by atoms with Gasteiger partial charge in [-0.15, -0.1) is 6.58 Å². The number of hydrogen-bond donors (Lipinski definition) is 1. The van der Waals surface area contributed by atoms with Gasteiger partial charge in [0.25, 0.3) is 0 Å². The number of rotatable bonds is 5. The lowest BCUT2D eigenvalue weighted by atomic mass is 9.86. The molecule has 0 aromatic carbocycles. The first-order valence-corrected chi connectivity index (χ1v) is 6.23. The standard InChI is InChI=1S/C13H25NO/c1-4-12(14-3)13(15-5-2)10-8-6-7-9-11-13/h4,12,14H,1,5-11H2,2-3H3. The predicted octanol–water partition coefficient (Wildman–Crippen LogP) is 2.89. The second-order valence-corrected chi connectivity index (χ2v) is 4.41. The molecular formula is C13H25NO. The van der Waals surface area contributed by atoms with E-state index in [1.165, 1.54) is 38.5 Å². The zero-order valence-electron chi connectivity index (χ0n) is 10.2. The first-order chi connectivity index (χ1) is 7.29. The maximum Gasteiger partial charge on any atom is 0.0870 e. The normalized spacial score (nSPS) is 23.1. The Labute approximate surface area is 94.1 Å². The second kappa shape index (κ2) is 6.29. The van der Waals surface area contributed by atoms with Crippen LogP contribution >= 0.6 is 0 Å². The number of nitrogens with one attached hydrogen (secondary N) is 1. The molecule has 1 saturated carbocycles. The molecule has 0 aliphatic heterocycles. The maximum absolute atomic E-state index is 6.06. The van der Waals surface area contributed by atoms with Crippen LogP contribution in [0.5, 0.6) is 0 Å². The van der Waals surface area contributed by atoms with Crippen molar-refractivity contribution in [1.29, 1.82) is 0 Å². The molecule has 1 unspecified atom stereocenters. The summed E-state index contributed by atoms with van der Waals surface area (Å²) in [4.78, 5) is 0. The Morgan fingerprint density at radius 2 is 1.93 bits per heavy atom. The van der Waals surface area contributed by atoms with Gasteiger partial charge in [-0.1, -0.05) is 31.8 Å². The van der Waals surface area contributed by atoms with Crippen molar-refractivity contribution in [2.45, 2.75) is 57.1 Å². The molecule has 1 N–H and O–H groups in total. The molecule has 0 amide bonds. The van der Waals surface area contributed by atoms with E-state index < -0.39 is 0 Å². The van der Waals surface area contributed by atoms with Crippen molar-refractivity contribution in [2.75, 3.05) is 13.7 Å². The van der Waals surface area contributed by atoms with E-state index in [-0.39, 0.29) is 11.6 Å². The fourth-order valence-corrected chi connectivity index (χ4v) is 2.76. The first-order valence-electron chi connectivity index (χ1n) is 6.23. The minimum atomic E-state index is 0.00174. The Morgan fingerprint density at radius 1 is 1.33 bits per heavy atom. The van der Waals surface area contributed by atoms with Crippen LogP contribution in [-0.2, 0) is 4.74 Å². The lowest BCUT2D eigenvalue weighted by Crippen LogP contribution is -2.50. The first kappa shape index (κ1) is 12.7. The van der Waals surface area contributed by atoms with Crippen molar-refractivity contribution in [2.24, 2.45) is 0 Å². The van der Waals surface area contributed by atoms with Gasteiger partial charge < -0.3 is 10.1 Å². The van der Waals surface area contributed by atoms with Crippen molar-refractivity contribution < 1.29 is 4.74 Å². The molecule has 2 heteroatoms. The van der Waals surface area contributed by atoms with Crippen LogP contribution in [0.4, 0.5) is 0 Å². The Hall–Kier alpha value is -0.340. The molecule has 0 spiro atoms. The maximum atomic E-state index is 6.06. The highest BCUT2D eigenvalue weighted by atomic mass is 16.5. The Bertz CT molecular complexity index is 183. The van der Waals surface area contributed by atoms with Crippen LogP contribution in [-0.4, -0.2) is 25.3 Å². The molecule has 0 aromatic heterocycles. The fourth-order valence-electron chi connectivity index (χ4n) is 2.76. The van der Waals surface area contributed by atoms with Crippen LogP contribution in [0.2, 0.25) is 0 Å². The van der Waals surface area contributed by atoms with E-state index >= 15 is 0 Å². The van der Waals surface area contributed by atoms with Crippen LogP contribution in [0.3, 0.4) is 0 Å². The summed E-state index contributed by atoms with van der Waals surface area (Å²) in [6.07, 6.45) is 9.60. The van der Waals surface area contributed by atoms with E-state index in [9.17, 15) is 0 Å². The SMILES string of the molecule is C=CC(NC)C1(OCC)CCCCCC1. The van der Waals surface area contributed by atoms with Crippen LogP contribution in [0.15, 0.2) is 12.7 Å². The summed E-state index contributed by atoms with van der Waals surface area (Å²) in [5.41, 5.74) is 0.00174. The molecule has 2 nitrogen and oxygen atoms in total. The Balaban J connectivity index is 2.77. The number of ether oxygens (including phenoxy) is 1. The van der Waals surface area contributed by atoms with Crippen LogP contribution in [0.1, 0.15) is 45.4 Å². The van der Waals surface area contributed by atoms with Gasteiger partial charge in [0, 0.05) is 6.61 Å². The second-order valence-electron chi connectivity index (χ2n) is 4.41. The molecule has 0 saturated heterocycles. The van der Waals surface area contributed by atoms with Crippen molar-refractivity contribution in [1.82, 2.24) is 5.32 Å². The molecule has 1 atom stereocenters. The average Bonchev–Trinajstić information content (AvgIpc) is 2.47. The van der Waals surface area contributed by atoms with Gasteiger partial charge in [0.1, 0.15) is 0 Å². The van der Waals surface area contributed by atoms with Gasteiger partial charge in [-0.25, -0.2) is 0 Å². The lowest BCUT2D eigenvalue weighted by molar-refractivity contribution is -0.0647. The van der Waals surface area contributed by atoms with E-state index in [2.05, 4.69) is 18.8 Å². The third-order valence-electron chi connectivity index (χ3n) is 3.50. The number of likely N-dealkylation sites (N-methyl/N-ethyl adjacent to an activating group) is 1. The summed E-state index contributed by atoms with van der Waals surface area (Å²) in [7, 11) is 2.00. The van der Waals surface area contributed by atoms with Gasteiger partial charge >= 0.3 is 0 Å². The van der Waals surface area contributed by atoms with E-state index in [1.54, 1.807) is 0 Å². The number of hydrogen-bond acceptors (Lipinski definition) is 2. The highest BCUT2D eigenvalue weighted by Gasteiger charge is 2.37. The smallest absolute Gasteiger partial charge is 0.0870 e. The summed E-state index contributed by atoms with van der Waals surface area (Å²) in [6.45, 7) is 6.81. The van der Waals surface area contributed by atoms with E-state index in [0.29, 0.717) is 0 Å². The van der Waals surface area contributed by atoms with Crippen LogP contribution < -0.4 is 5.32 Å². The van der Waals surface area contributed by atoms with Gasteiger partial charge in [0.2, 0.25) is 0 Å². The third-order valence-corrected chi connectivity index (χ3v) is 3.50. The van der Waals surface area contributed by atoms with Gasteiger partial charge in [-0.3, -0.25) is 0 Å². The molecule has 1 fully saturated rings. The Kier molecular flexibility index (Phi) is 5.34. The zero-order chi connectivity index (χ0) is 11.1. The summed E-state index contributed by atoms with van der Waals surface area (Å²) < 4.78 is 6.06. The minimum Gasteiger partial charge on any atom is -0.373 e. The molecule has 1 aliphatic rings. The largest absolute Gasteiger partial charge is 0.373 e. The highest BCUT2D eigenvalue weighted by Crippen LogP contribution is 2.33. The van der Waals surface area contributed by atoms with Gasteiger partial charge in [-0.05, 0) is 26.8 Å². The van der Waals surface area contributed by atoms with Crippen LogP contribution in [0.25, 0.3) is 0 Å². The van der Waals surface area contributed by atoms with Crippen molar-refractivity contribution in [3.05, 3.63) is 12.7 Å². The van der Waals surface area contributed by atoms with Gasteiger partial charge in [0.15, 0.2) is 0 Å². The molecule has 1 aliphatic carbocycles. The molecule has 0 aromatic rings. The lowest BCUT2D eigenvalue weighted by Gasteiger charge is -2.38. The van der Waals surface area contributed by atoms with Crippen molar-refractivity contribution >= 4 is 0 Å². The molecule has 0 bridgehead atoms. The quantitative estimate of drug-likeness (QED) is 0.557. The van der Waals surface area contributed by atoms with Crippen LogP contribution in [0, 0.1) is 0 Å². The van der Waals surface area contributed by atoms with E-state index in [0.717, 1.165) is 6.61 Å². The van der Waals surface area contributed by atoms with E-state index in [4.69, 9.17) is 4.74 Å². The monoisotopic (exact) mass is 211 g/mol. The molecule has 88 valence electrons. The summed E-state index contributed by atoms with van der Waals surface area (Å²) >= 11 is 0. The topological polar surface area (TPSA) is 21.3 Å². The molecule has 0 heterocycles. The predicted molar refractivity (Wildman–Crippen MR) is 65.1 cm³/mol. The summed E-state index contributed by atoms with van der Waals surface area (Å²) in [5, 5.41) is 3.33. The third kappa shape index (κ3) is 3.05. The van der Waals surface area contributed by atoms with E-state index in [1.807, 2.05) is 13.1 Å². The van der Waals surface area contributed by atoms with Gasteiger partial charge in [-0.2, -0.15) is 0 Å². The fraction of sp³-hybridized carbons (Fsp3) is 0.846. The zero-order valence-corrected chi connectivity index (χ0v) is 10.2. The highest BCUT2D eigenvalue weighted by molar-refractivity contribution is 5.03. The summed E-state index contributed by atoms with van der Waals surface area (Å²) in [6, 6.07) is 0.288. The molecule has 15 heavy (non-hydrogen) atoms. The minimum absolute atomic E-state index is 0.00174. The summed E-state index contributed by atoms with van der Waals surface area (Å²) in [5.74, 6) is 0. The molecule has 0 radical (unpaired) electrons. The van der Waals surface area contributed by atoms with Crippen molar-refractivity contribution in [3.63, 3.8) is 0 Å². The van der Waals surface area contributed by atoms with Crippen molar-refractivity contribution in [3.8, 4) is 0 Å². The molecule has 1 rings (SSSR count). The van der Waals surface area contributed by atoms with Gasteiger partial charge in [0.05, 0.1) is 11.6 Å². The average molecular weight is 211 g/mol.